The minimum absolute atomic E-state index is 0.0766. The number of nitrogens with zero attached hydrogens (tertiary/aromatic N) is 2. The van der Waals surface area contributed by atoms with Crippen molar-refractivity contribution in [2.24, 2.45) is 4.99 Å². The third kappa shape index (κ3) is 2.23. The van der Waals surface area contributed by atoms with Gasteiger partial charge in [-0.1, -0.05) is 37.3 Å². The van der Waals surface area contributed by atoms with Crippen LogP contribution in [-0.2, 0) is 9.59 Å². The van der Waals surface area contributed by atoms with Crippen molar-refractivity contribution in [1.29, 1.82) is 0 Å². The van der Waals surface area contributed by atoms with Crippen LogP contribution in [0.2, 0.25) is 0 Å². The fourth-order valence-corrected chi connectivity index (χ4v) is 4.61. The van der Waals surface area contributed by atoms with Gasteiger partial charge >= 0.3 is 0 Å². The Balaban J connectivity index is 1.62. The first-order valence-corrected chi connectivity index (χ1v) is 9.77. The van der Waals surface area contributed by atoms with E-state index >= 15 is 0 Å². The Kier molecular flexibility index (Phi) is 3.44. The highest BCUT2D eigenvalue weighted by atomic mass is 16.7. The molecule has 1 unspecified atom stereocenters. The van der Waals surface area contributed by atoms with Crippen LogP contribution in [0.1, 0.15) is 29.5 Å². The van der Waals surface area contributed by atoms with Crippen LogP contribution in [0, 0.1) is 0 Å². The molecule has 6 rings (SSSR count). The van der Waals surface area contributed by atoms with Gasteiger partial charge in [0.15, 0.2) is 11.5 Å². The van der Waals surface area contributed by atoms with Crippen LogP contribution in [0.4, 0.5) is 5.69 Å². The molecule has 7 nitrogen and oxygen atoms in total. The van der Waals surface area contributed by atoms with Gasteiger partial charge in [0.25, 0.3) is 11.8 Å². The summed E-state index contributed by atoms with van der Waals surface area (Å²) in [5.74, 6) is 0.450. The highest BCUT2D eigenvalue weighted by Crippen LogP contribution is 2.44. The van der Waals surface area contributed by atoms with Gasteiger partial charge in [-0.25, -0.2) is 0 Å². The van der Waals surface area contributed by atoms with E-state index in [4.69, 9.17) is 9.47 Å². The lowest BCUT2D eigenvalue weighted by Crippen LogP contribution is -2.25. The highest BCUT2D eigenvalue weighted by Gasteiger charge is 2.39. The van der Waals surface area contributed by atoms with Gasteiger partial charge in [-0.05, 0) is 11.6 Å². The number of imide groups is 1. The van der Waals surface area contributed by atoms with Crippen molar-refractivity contribution in [2.45, 2.75) is 12.8 Å². The number of amides is 2. The first kappa shape index (κ1) is 17.0. The van der Waals surface area contributed by atoms with Gasteiger partial charge in [-0.2, -0.15) is 0 Å². The Labute approximate surface area is 172 Å². The lowest BCUT2D eigenvalue weighted by Gasteiger charge is -2.17. The van der Waals surface area contributed by atoms with Crippen LogP contribution in [0.25, 0.3) is 5.57 Å². The van der Waals surface area contributed by atoms with Crippen LogP contribution in [-0.4, -0.2) is 30.9 Å². The second-order valence-corrected chi connectivity index (χ2v) is 7.65. The number of ether oxygens (including phenoxy) is 2. The average molecular weight is 399 g/mol. The number of nitrogens with one attached hydrogen (secondary N) is 1. The number of carbonyl (C=O) groups excluding carboxylic acids is 2. The van der Waals surface area contributed by atoms with Crippen molar-refractivity contribution in [2.75, 3.05) is 18.2 Å². The minimum atomic E-state index is -0.465. The van der Waals surface area contributed by atoms with Gasteiger partial charge < -0.3 is 14.4 Å². The van der Waals surface area contributed by atoms with E-state index in [0.717, 1.165) is 17.8 Å². The molecule has 4 heterocycles. The van der Waals surface area contributed by atoms with Gasteiger partial charge in [0.05, 0.1) is 22.5 Å². The monoisotopic (exact) mass is 399 g/mol. The Hall–Kier alpha value is -3.87. The fraction of sp³-hybridized carbons (Fsp3) is 0.174. The van der Waals surface area contributed by atoms with Gasteiger partial charge in [-0.15, -0.1) is 0 Å². The summed E-state index contributed by atoms with van der Waals surface area (Å²) in [4.78, 5) is 32.6. The standard InChI is InChI=1S/C23H17N3O4/c1-12-10-26-9-8-24-19(15-6-2-4-13(12)20(15)26)18-17(22(27)25-23(18)28)14-5-3-7-16-21(14)30-11-29-16/h2-9,12H,10-11H2,1H3,(H,25,27,28). The minimum Gasteiger partial charge on any atom is -0.454 e. The number of hydrogen-bond acceptors (Lipinski definition) is 6. The van der Waals surface area contributed by atoms with Gasteiger partial charge in [0.2, 0.25) is 6.79 Å². The lowest BCUT2D eigenvalue weighted by atomic mass is 9.91. The molecule has 2 aromatic rings. The Bertz CT molecular complexity index is 1240. The molecule has 1 atom stereocenters. The maximum absolute atomic E-state index is 13.0. The van der Waals surface area contributed by atoms with Crippen molar-refractivity contribution in [3.05, 3.63) is 71.1 Å². The van der Waals surface area contributed by atoms with E-state index in [0.29, 0.717) is 28.7 Å². The summed E-state index contributed by atoms with van der Waals surface area (Å²) >= 11 is 0. The topological polar surface area (TPSA) is 80.2 Å². The molecule has 0 fully saturated rings. The van der Waals surface area contributed by atoms with Gasteiger partial charge in [0, 0.05) is 36.0 Å². The smallest absolute Gasteiger partial charge is 0.261 e. The fourth-order valence-electron chi connectivity index (χ4n) is 4.61. The molecular formula is C23H17N3O4. The number of aliphatic imine (C=N–C) groups is 1. The molecule has 0 saturated heterocycles. The quantitative estimate of drug-likeness (QED) is 0.786. The molecule has 1 N–H and O–H groups in total. The third-order valence-electron chi connectivity index (χ3n) is 5.90. The largest absolute Gasteiger partial charge is 0.454 e. The lowest BCUT2D eigenvalue weighted by molar-refractivity contribution is -0.123. The molecule has 7 heteroatoms. The molecule has 0 spiro atoms. The molecule has 30 heavy (non-hydrogen) atoms. The zero-order valence-corrected chi connectivity index (χ0v) is 16.1. The molecule has 2 aromatic carbocycles. The molecule has 0 aliphatic carbocycles. The van der Waals surface area contributed by atoms with Gasteiger partial charge in [0.1, 0.15) is 0 Å². The SMILES string of the molecule is CC1CN2C=CN=C(C3=C(c4cccc5c4OCO5)C(=O)NC3=O)c3cccc1c32. The van der Waals surface area contributed by atoms with Crippen LogP contribution < -0.4 is 19.7 Å². The molecule has 0 bridgehead atoms. The summed E-state index contributed by atoms with van der Waals surface area (Å²) in [5, 5.41) is 2.44. The van der Waals surface area contributed by atoms with Crippen molar-refractivity contribution < 1.29 is 19.1 Å². The first-order chi connectivity index (χ1) is 14.6. The average Bonchev–Trinajstić information content (AvgIpc) is 3.38. The van der Waals surface area contributed by atoms with E-state index in [9.17, 15) is 9.59 Å². The number of benzene rings is 2. The van der Waals surface area contributed by atoms with Gasteiger partial charge in [-0.3, -0.25) is 19.9 Å². The van der Waals surface area contributed by atoms with Crippen LogP contribution >= 0.6 is 0 Å². The van der Waals surface area contributed by atoms with Crippen molar-refractivity contribution in [3.8, 4) is 11.5 Å². The molecule has 148 valence electrons. The number of para-hydroxylation sites is 2. The number of carbonyl (C=O) groups is 2. The molecular weight excluding hydrogens is 382 g/mol. The number of fused-ring (bicyclic) bond motifs is 1. The number of hydrogen-bond donors (Lipinski definition) is 1. The van der Waals surface area contributed by atoms with Crippen molar-refractivity contribution in [3.63, 3.8) is 0 Å². The van der Waals surface area contributed by atoms with E-state index in [1.54, 1.807) is 24.4 Å². The van der Waals surface area contributed by atoms with Crippen LogP contribution in [0.15, 0.2) is 59.4 Å². The van der Waals surface area contributed by atoms with E-state index < -0.39 is 11.8 Å². The predicted molar refractivity (Wildman–Crippen MR) is 111 cm³/mol. The Morgan fingerprint density at radius 3 is 2.73 bits per heavy atom. The summed E-state index contributed by atoms with van der Waals surface area (Å²) < 4.78 is 11.1. The van der Waals surface area contributed by atoms with Crippen LogP contribution in [0.5, 0.6) is 11.5 Å². The highest BCUT2D eigenvalue weighted by molar-refractivity contribution is 6.48. The zero-order valence-electron chi connectivity index (χ0n) is 16.1. The second kappa shape index (κ2) is 6.06. The van der Waals surface area contributed by atoms with Crippen molar-refractivity contribution >= 4 is 28.8 Å². The number of rotatable bonds is 2. The third-order valence-corrected chi connectivity index (χ3v) is 5.90. The molecule has 4 aliphatic rings. The molecule has 0 aromatic heterocycles. The summed E-state index contributed by atoms with van der Waals surface area (Å²) in [6.07, 6.45) is 3.61. The maximum Gasteiger partial charge on any atom is 0.261 e. The van der Waals surface area contributed by atoms with E-state index in [2.05, 4.69) is 28.2 Å². The maximum atomic E-state index is 13.0. The van der Waals surface area contributed by atoms with E-state index in [1.807, 2.05) is 18.3 Å². The predicted octanol–water partition coefficient (Wildman–Crippen LogP) is 2.72. The van der Waals surface area contributed by atoms with Crippen molar-refractivity contribution in [1.82, 2.24) is 5.32 Å². The molecule has 0 radical (unpaired) electrons. The molecule has 0 saturated carbocycles. The summed E-state index contributed by atoms with van der Waals surface area (Å²) in [5.41, 5.74) is 4.59. The summed E-state index contributed by atoms with van der Waals surface area (Å²) in [6.45, 7) is 3.10. The first-order valence-electron chi connectivity index (χ1n) is 9.77. The summed E-state index contributed by atoms with van der Waals surface area (Å²) in [7, 11) is 0. The Morgan fingerprint density at radius 1 is 1.03 bits per heavy atom. The number of anilines is 1. The van der Waals surface area contributed by atoms with Crippen LogP contribution in [0.3, 0.4) is 0 Å². The van der Waals surface area contributed by atoms with E-state index in [1.165, 1.54) is 5.56 Å². The summed E-state index contributed by atoms with van der Waals surface area (Å²) in [6, 6.07) is 11.3. The zero-order chi connectivity index (χ0) is 20.4. The molecule has 2 amide bonds. The molecule has 4 aliphatic heterocycles. The normalized spacial score (nSPS) is 21.0. The Morgan fingerprint density at radius 2 is 1.83 bits per heavy atom. The second-order valence-electron chi connectivity index (χ2n) is 7.65. The van der Waals surface area contributed by atoms with E-state index in [-0.39, 0.29) is 17.9 Å².